The van der Waals surface area contributed by atoms with Crippen LogP contribution in [-0.2, 0) is 0 Å². The second-order valence-corrected chi connectivity index (χ2v) is 3.85. The van der Waals surface area contributed by atoms with E-state index < -0.39 is 0 Å². The SMILES string of the molecule is SCCCSc1ccccc1. The Morgan fingerprint density at radius 2 is 1.91 bits per heavy atom. The van der Waals surface area contributed by atoms with Crippen LogP contribution < -0.4 is 0 Å². The van der Waals surface area contributed by atoms with Crippen molar-refractivity contribution in [1.29, 1.82) is 0 Å². The first-order valence-electron chi connectivity index (χ1n) is 3.72. The van der Waals surface area contributed by atoms with Gasteiger partial charge in [-0.15, -0.1) is 11.8 Å². The summed E-state index contributed by atoms with van der Waals surface area (Å²) in [5.74, 6) is 2.16. The number of hydrogen-bond acceptors (Lipinski definition) is 2. The molecule has 0 aliphatic heterocycles. The van der Waals surface area contributed by atoms with Gasteiger partial charge < -0.3 is 0 Å². The highest BCUT2D eigenvalue weighted by Gasteiger charge is 1.89. The summed E-state index contributed by atoms with van der Waals surface area (Å²) in [7, 11) is 0. The largest absolute Gasteiger partial charge is 0.179 e. The average Bonchev–Trinajstić information content (AvgIpc) is 2.07. The van der Waals surface area contributed by atoms with Gasteiger partial charge in [-0.2, -0.15) is 12.6 Å². The summed E-state index contributed by atoms with van der Waals surface area (Å²) < 4.78 is 0. The molecule has 0 atom stereocenters. The predicted octanol–water partition coefficient (Wildman–Crippen LogP) is 3.10. The molecule has 11 heavy (non-hydrogen) atoms. The minimum atomic E-state index is 0.986. The first-order valence-corrected chi connectivity index (χ1v) is 5.34. The zero-order valence-electron chi connectivity index (χ0n) is 6.36. The van der Waals surface area contributed by atoms with Crippen molar-refractivity contribution in [2.75, 3.05) is 11.5 Å². The summed E-state index contributed by atoms with van der Waals surface area (Å²) in [5.41, 5.74) is 0. The summed E-state index contributed by atoms with van der Waals surface area (Å²) in [6.07, 6.45) is 1.18. The van der Waals surface area contributed by atoms with Crippen LogP contribution in [0.5, 0.6) is 0 Å². The van der Waals surface area contributed by atoms with Gasteiger partial charge in [0.1, 0.15) is 0 Å². The molecule has 0 nitrogen and oxygen atoms in total. The molecule has 2 heteroatoms. The number of thiol groups is 1. The van der Waals surface area contributed by atoms with Crippen LogP contribution in [-0.4, -0.2) is 11.5 Å². The molecule has 0 aliphatic rings. The fraction of sp³-hybridized carbons (Fsp3) is 0.333. The van der Waals surface area contributed by atoms with E-state index >= 15 is 0 Å². The van der Waals surface area contributed by atoms with Crippen LogP contribution in [0.3, 0.4) is 0 Å². The number of hydrogen-bond donors (Lipinski definition) is 1. The molecule has 0 aromatic heterocycles. The summed E-state index contributed by atoms with van der Waals surface area (Å²) in [6, 6.07) is 10.5. The molecule has 0 aliphatic carbocycles. The minimum absolute atomic E-state index is 0.986. The molecule has 0 radical (unpaired) electrons. The van der Waals surface area contributed by atoms with Crippen LogP contribution in [0.1, 0.15) is 6.42 Å². The van der Waals surface area contributed by atoms with Gasteiger partial charge >= 0.3 is 0 Å². The van der Waals surface area contributed by atoms with Gasteiger partial charge in [0.25, 0.3) is 0 Å². The lowest BCUT2D eigenvalue weighted by atomic mass is 10.4. The normalized spacial score (nSPS) is 9.91. The Bertz CT molecular complexity index is 184. The van der Waals surface area contributed by atoms with Gasteiger partial charge in [-0.05, 0) is 30.1 Å². The molecule has 0 saturated heterocycles. The van der Waals surface area contributed by atoms with Crippen molar-refractivity contribution >= 4 is 24.4 Å². The van der Waals surface area contributed by atoms with Crippen LogP contribution in [0.4, 0.5) is 0 Å². The topological polar surface area (TPSA) is 0 Å². The van der Waals surface area contributed by atoms with Gasteiger partial charge in [0.2, 0.25) is 0 Å². The lowest BCUT2D eigenvalue weighted by molar-refractivity contribution is 1.13. The van der Waals surface area contributed by atoms with E-state index in [-0.39, 0.29) is 0 Å². The molecule has 60 valence electrons. The Morgan fingerprint density at radius 1 is 1.18 bits per heavy atom. The van der Waals surface area contributed by atoms with Gasteiger partial charge in [0.15, 0.2) is 0 Å². The van der Waals surface area contributed by atoms with Crippen LogP contribution >= 0.6 is 24.4 Å². The Hall–Kier alpha value is -0.0800. The third-order valence-corrected chi connectivity index (χ3v) is 2.73. The second kappa shape index (κ2) is 5.56. The molecule has 0 amide bonds. The van der Waals surface area contributed by atoms with Gasteiger partial charge in [0.05, 0.1) is 0 Å². The van der Waals surface area contributed by atoms with E-state index in [2.05, 4.69) is 36.9 Å². The molecule has 0 heterocycles. The predicted molar refractivity (Wildman–Crippen MR) is 55.6 cm³/mol. The lowest BCUT2D eigenvalue weighted by Crippen LogP contribution is -1.79. The fourth-order valence-corrected chi connectivity index (χ4v) is 2.02. The third-order valence-electron chi connectivity index (χ3n) is 1.31. The Balaban J connectivity index is 2.28. The monoisotopic (exact) mass is 184 g/mol. The van der Waals surface area contributed by atoms with Gasteiger partial charge in [-0.25, -0.2) is 0 Å². The highest BCUT2D eigenvalue weighted by molar-refractivity contribution is 7.99. The van der Waals surface area contributed by atoms with Crippen molar-refractivity contribution in [2.45, 2.75) is 11.3 Å². The smallest absolute Gasteiger partial charge is 0.00719 e. The van der Waals surface area contributed by atoms with E-state index in [4.69, 9.17) is 0 Å². The maximum absolute atomic E-state index is 4.15. The molecule has 0 saturated carbocycles. The average molecular weight is 184 g/mol. The maximum Gasteiger partial charge on any atom is 0.00719 e. The molecule has 0 N–H and O–H groups in total. The lowest BCUT2D eigenvalue weighted by Gasteiger charge is -1.97. The summed E-state index contributed by atoms with van der Waals surface area (Å²) in [6.45, 7) is 0. The van der Waals surface area contributed by atoms with Crippen molar-refractivity contribution in [1.82, 2.24) is 0 Å². The molecule has 0 unspecified atom stereocenters. The zero-order valence-corrected chi connectivity index (χ0v) is 8.07. The van der Waals surface area contributed by atoms with Crippen molar-refractivity contribution in [2.24, 2.45) is 0 Å². The Kier molecular flexibility index (Phi) is 4.55. The third kappa shape index (κ3) is 3.73. The number of rotatable bonds is 4. The Morgan fingerprint density at radius 3 is 2.55 bits per heavy atom. The molecule has 1 rings (SSSR count). The fourth-order valence-electron chi connectivity index (χ4n) is 0.771. The molecule has 1 aromatic rings. The summed E-state index contributed by atoms with van der Waals surface area (Å²) >= 11 is 6.05. The van der Waals surface area contributed by atoms with Crippen LogP contribution in [0.15, 0.2) is 35.2 Å². The van der Waals surface area contributed by atoms with E-state index in [1.807, 2.05) is 17.8 Å². The quantitative estimate of drug-likeness (QED) is 0.426. The molecule has 0 spiro atoms. The standard InChI is InChI=1S/C9H12S2/c10-7-4-8-11-9-5-2-1-3-6-9/h1-3,5-6,10H,4,7-8H2. The Labute approximate surface area is 77.8 Å². The van der Waals surface area contributed by atoms with E-state index in [1.165, 1.54) is 17.1 Å². The summed E-state index contributed by atoms with van der Waals surface area (Å²) in [4.78, 5) is 1.36. The van der Waals surface area contributed by atoms with Crippen molar-refractivity contribution in [3.05, 3.63) is 30.3 Å². The second-order valence-electron chi connectivity index (χ2n) is 2.24. The van der Waals surface area contributed by atoms with Crippen LogP contribution in [0.2, 0.25) is 0 Å². The van der Waals surface area contributed by atoms with Crippen LogP contribution in [0, 0.1) is 0 Å². The van der Waals surface area contributed by atoms with Gasteiger partial charge in [-0.3, -0.25) is 0 Å². The molecule has 0 bridgehead atoms. The van der Waals surface area contributed by atoms with Crippen LogP contribution in [0.25, 0.3) is 0 Å². The molecular formula is C9H12S2. The van der Waals surface area contributed by atoms with E-state index in [0.717, 1.165) is 5.75 Å². The molecule has 1 aromatic carbocycles. The van der Waals surface area contributed by atoms with Gasteiger partial charge in [0, 0.05) is 4.90 Å². The number of benzene rings is 1. The maximum atomic E-state index is 4.15. The molecular weight excluding hydrogens is 172 g/mol. The first kappa shape index (κ1) is 9.01. The van der Waals surface area contributed by atoms with E-state index in [1.54, 1.807) is 0 Å². The van der Waals surface area contributed by atoms with Crippen molar-refractivity contribution < 1.29 is 0 Å². The highest BCUT2D eigenvalue weighted by Crippen LogP contribution is 2.17. The van der Waals surface area contributed by atoms with Crippen molar-refractivity contribution in [3.8, 4) is 0 Å². The molecule has 0 fully saturated rings. The minimum Gasteiger partial charge on any atom is -0.179 e. The highest BCUT2D eigenvalue weighted by atomic mass is 32.2. The van der Waals surface area contributed by atoms with E-state index in [0.29, 0.717) is 0 Å². The van der Waals surface area contributed by atoms with Gasteiger partial charge in [-0.1, -0.05) is 18.2 Å². The first-order chi connectivity index (χ1) is 5.43. The number of thioether (sulfide) groups is 1. The van der Waals surface area contributed by atoms with Crippen molar-refractivity contribution in [3.63, 3.8) is 0 Å². The van der Waals surface area contributed by atoms with E-state index in [9.17, 15) is 0 Å². The summed E-state index contributed by atoms with van der Waals surface area (Å²) in [5, 5.41) is 0. The zero-order chi connectivity index (χ0) is 7.94.